The SMILES string of the molecule is CC(C)(C)C(=O)N1[C@H]([C]2[CH][CH][CH][CH]2)OC(=O)[C@@H]1COCc1ccccc1. The molecule has 0 aromatic heterocycles. The molecule has 0 bridgehead atoms. The van der Waals surface area contributed by atoms with Gasteiger partial charge in [-0.3, -0.25) is 9.69 Å². The second-order valence-corrected chi connectivity index (χ2v) is 7.49. The summed E-state index contributed by atoms with van der Waals surface area (Å²) in [6, 6.07) is 8.97. The first kappa shape index (κ1) is 18.9. The molecule has 2 fully saturated rings. The molecule has 3 rings (SSSR count). The molecule has 1 aromatic rings. The van der Waals surface area contributed by atoms with Gasteiger partial charge in [-0.05, 0) is 31.2 Å². The molecule has 1 saturated heterocycles. The molecule has 1 saturated carbocycles. The molecule has 1 aliphatic heterocycles. The van der Waals surface area contributed by atoms with E-state index in [9.17, 15) is 9.59 Å². The fourth-order valence-corrected chi connectivity index (χ4v) is 2.95. The predicted molar refractivity (Wildman–Crippen MR) is 96.5 cm³/mol. The van der Waals surface area contributed by atoms with Crippen molar-refractivity contribution in [3.05, 3.63) is 67.5 Å². The van der Waals surface area contributed by atoms with Gasteiger partial charge in [0, 0.05) is 11.3 Å². The monoisotopic (exact) mass is 354 g/mol. The lowest BCUT2D eigenvalue weighted by Gasteiger charge is -2.33. The number of cyclic esters (lactones) is 1. The number of hydrogen-bond acceptors (Lipinski definition) is 4. The van der Waals surface area contributed by atoms with Crippen molar-refractivity contribution in [1.82, 2.24) is 4.90 Å². The van der Waals surface area contributed by atoms with E-state index in [-0.39, 0.29) is 12.5 Å². The molecule has 5 heteroatoms. The number of hydrogen-bond donors (Lipinski definition) is 0. The van der Waals surface area contributed by atoms with Crippen molar-refractivity contribution in [2.45, 2.75) is 39.6 Å². The van der Waals surface area contributed by atoms with E-state index in [1.54, 1.807) is 0 Å². The quantitative estimate of drug-likeness (QED) is 0.763. The second kappa shape index (κ2) is 7.78. The highest BCUT2D eigenvalue weighted by Gasteiger charge is 2.51. The van der Waals surface area contributed by atoms with Crippen LogP contribution in [-0.2, 0) is 25.7 Å². The first-order valence-electron chi connectivity index (χ1n) is 8.74. The highest BCUT2D eigenvalue weighted by molar-refractivity contribution is 5.90. The predicted octanol–water partition coefficient (Wildman–Crippen LogP) is 2.73. The maximum absolute atomic E-state index is 13.0. The lowest BCUT2D eigenvalue weighted by Crippen LogP contribution is -2.51. The lowest BCUT2D eigenvalue weighted by atomic mass is 9.92. The summed E-state index contributed by atoms with van der Waals surface area (Å²) in [6.07, 6.45) is 6.74. The van der Waals surface area contributed by atoms with Gasteiger partial charge < -0.3 is 9.47 Å². The number of carbonyl (C=O) groups is 2. The Labute approximate surface area is 155 Å². The molecular formula is C21H24NO4. The van der Waals surface area contributed by atoms with Crippen LogP contribution in [0.3, 0.4) is 0 Å². The van der Waals surface area contributed by atoms with Crippen molar-refractivity contribution in [2.75, 3.05) is 6.61 Å². The van der Waals surface area contributed by atoms with Crippen molar-refractivity contribution >= 4 is 11.9 Å². The van der Waals surface area contributed by atoms with Crippen LogP contribution in [0.1, 0.15) is 26.3 Å². The van der Waals surface area contributed by atoms with E-state index in [0.29, 0.717) is 6.61 Å². The Hall–Kier alpha value is -1.88. The number of ether oxygens (including phenoxy) is 2. The Morgan fingerprint density at radius 2 is 1.81 bits per heavy atom. The van der Waals surface area contributed by atoms with Gasteiger partial charge in [0.2, 0.25) is 5.91 Å². The van der Waals surface area contributed by atoms with E-state index in [0.717, 1.165) is 11.5 Å². The minimum absolute atomic E-state index is 0.104. The van der Waals surface area contributed by atoms with Crippen LogP contribution < -0.4 is 0 Å². The Morgan fingerprint density at radius 1 is 1.15 bits per heavy atom. The number of nitrogens with zero attached hydrogens (tertiary/aromatic N) is 1. The summed E-state index contributed by atoms with van der Waals surface area (Å²) < 4.78 is 11.3. The zero-order valence-corrected chi connectivity index (χ0v) is 15.3. The van der Waals surface area contributed by atoms with Crippen molar-refractivity contribution in [3.8, 4) is 0 Å². The minimum atomic E-state index is -0.745. The summed E-state index contributed by atoms with van der Waals surface area (Å²) in [5.41, 5.74) is 0.386. The summed E-state index contributed by atoms with van der Waals surface area (Å²) in [7, 11) is 0. The fourth-order valence-electron chi connectivity index (χ4n) is 2.95. The third-order valence-electron chi connectivity index (χ3n) is 4.33. The third kappa shape index (κ3) is 4.09. The van der Waals surface area contributed by atoms with Crippen LogP contribution in [0, 0.1) is 37.0 Å². The topological polar surface area (TPSA) is 55.8 Å². The first-order valence-corrected chi connectivity index (χ1v) is 8.74. The molecule has 5 radical (unpaired) electrons. The van der Waals surface area contributed by atoms with Gasteiger partial charge >= 0.3 is 5.97 Å². The molecule has 2 aliphatic rings. The Morgan fingerprint density at radius 3 is 2.42 bits per heavy atom. The molecule has 26 heavy (non-hydrogen) atoms. The van der Waals surface area contributed by atoms with Gasteiger partial charge in [0.15, 0.2) is 12.3 Å². The van der Waals surface area contributed by atoms with Crippen LogP contribution in [0.15, 0.2) is 30.3 Å². The van der Waals surface area contributed by atoms with Gasteiger partial charge in [-0.25, -0.2) is 4.79 Å². The molecule has 1 aromatic carbocycles. The van der Waals surface area contributed by atoms with Crippen LogP contribution in [0.2, 0.25) is 0 Å². The van der Waals surface area contributed by atoms with Crippen LogP contribution in [0.4, 0.5) is 0 Å². The van der Waals surface area contributed by atoms with Crippen LogP contribution in [0.5, 0.6) is 0 Å². The van der Waals surface area contributed by atoms with Gasteiger partial charge in [-0.15, -0.1) is 0 Å². The lowest BCUT2D eigenvalue weighted by molar-refractivity contribution is -0.146. The number of benzene rings is 1. The molecule has 2 atom stereocenters. The Balaban J connectivity index is 1.72. The zero-order valence-electron chi connectivity index (χ0n) is 15.3. The minimum Gasteiger partial charge on any atom is -0.439 e. The number of carbonyl (C=O) groups excluding carboxylic acids is 2. The standard InChI is InChI=1S/C21H24NO4/c1-21(2,3)20(24)22-17(14-25-13-15-9-5-4-6-10-15)19(23)26-18(22)16-11-7-8-12-16/h4-12,17-18H,13-14H2,1-3H3/t17-,18-/m0/s1. The van der Waals surface area contributed by atoms with Gasteiger partial charge in [-0.2, -0.15) is 0 Å². The molecule has 5 nitrogen and oxygen atoms in total. The van der Waals surface area contributed by atoms with Crippen LogP contribution in [0.25, 0.3) is 0 Å². The zero-order chi connectivity index (χ0) is 18.7. The van der Waals surface area contributed by atoms with Gasteiger partial charge in [-0.1, -0.05) is 51.1 Å². The number of amides is 1. The Bertz CT molecular complexity index is 631. The van der Waals surface area contributed by atoms with Gasteiger partial charge in [0.05, 0.1) is 13.2 Å². The molecule has 137 valence electrons. The third-order valence-corrected chi connectivity index (χ3v) is 4.33. The second-order valence-electron chi connectivity index (χ2n) is 7.49. The summed E-state index contributed by atoms with van der Waals surface area (Å²) in [6.45, 7) is 5.99. The number of esters is 1. The van der Waals surface area contributed by atoms with E-state index >= 15 is 0 Å². The maximum Gasteiger partial charge on any atom is 0.333 e. The summed E-state index contributed by atoms with van der Waals surface area (Å²) in [5.74, 6) is 0.228. The smallest absolute Gasteiger partial charge is 0.333 e. The molecule has 0 N–H and O–H groups in total. The molecule has 1 aliphatic carbocycles. The summed E-state index contributed by atoms with van der Waals surface area (Å²) in [4.78, 5) is 27.0. The van der Waals surface area contributed by atoms with E-state index in [2.05, 4.69) is 0 Å². The summed E-state index contributed by atoms with van der Waals surface area (Å²) >= 11 is 0. The normalized spacial score (nSPS) is 24.1. The van der Waals surface area contributed by atoms with Crippen LogP contribution in [-0.4, -0.2) is 35.7 Å². The fraction of sp³-hybridized carbons (Fsp3) is 0.381. The first-order chi connectivity index (χ1) is 12.4. The Kier molecular flexibility index (Phi) is 5.66. The van der Waals surface area contributed by atoms with Crippen molar-refractivity contribution in [1.29, 1.82) is 0 Å². The molecule has 0 unspecified atom stereocenters. The van der Waals surface area contributed by atoms with Crippen molar-refractivity contribution in [2.24, 2.45) is 5.41 Å². The van der Waals surface area contributed by atoms with E-state index in [1.807, 2.05) is 76.8 Å². The molecule has 1 amide bonds. The average molecular weight is 354 g/mol. The molecule has 0 spiro atoms. The summed E-state index contributed by atoms with van der Waals surface area (Å²) in [5, 5.41) is 0. The average Bonchev–Trinajstić information content (AvgIpc) is 3.23. The van der Waals surface area contributed by atoms with Crippen LogP contribution >= 0.6 is 0 Å². The highest BCUT2D eigenvalue weighted by atomic mass is 16.6. The van der Waals surface area contributed by atoms with Crippen molar-refractivity contribution < 1.29 is 19.1 Å². The van der Waals surface area contributed by atoms with Gasteiger partial charge in [0.25, 0.3) is 0 Å². The maximum atomic E-state index is 13.0. The number of rotatable bonds is 5. The molecule has 1 heterocycles. The molecular weight excluding hydrogens is 330 g/mol. The highest BCUT2D eigenvalue weighted by Crippen LogP contribution is 2.37. The van der Waals surface area contributed by atoms with Gasteiger partial charge in [0.1, 0.15) is 0 Å². The largest absolute Gasteiger partial charge is 0.439 e. The van der Waals surface area contributed by atoms with E-state index < -0.39 is 23.7 Å². The van der Waals surface area contributed by atoms with E-state index in [1.165, 1.54) is 4.90 Å². The van der Waals surface area contributed by atoms with E-state index in [4.69, 9.17) is 9.47 Å². The van der Waals surface area contributed by atoms with Crippen molar-refractivity contribution in [3.63, 3.8) is 0 Å².